The molecule has 144 valence electrons. The van der Waals surface area contributed by atoms with Crippen molar-refractivity contribution in [2.75, 3.05) is 18.4 Å². The first kappa shape index (κ1) is 18.2. The maximum atomic E-state index is 13.1. The number of carbonyl (C=O) groups is 1. The number of H-pyrrole nitrogens is 1. The Kier molecular flexibility index (Phi) is 4.58. The number of rotatable bonds is 2. The van der Waals surface area contributed by atoms with Crippen molar-refractivity contribution in [2.45, 2.75) is 12.6 Å². The standard InChI is InChI=1S/C21H18F3N3O/c22-21(23,24)17-6-2-4-8-19(17)26-20(28)27-11-9-14(10-12-27)16-13-25-18-7-3-1-5-15(16)18/h1-9,13,25H,10-12H2,(H,26,28). The van der Waals surface area contributed by atoms with E-state index in [9.17, 15) is 18.0 Å². The second-order valence-corrected chi connectivity index (χ2v) is 6.65. The van der Waals surface area contributed by atoms with Crippen LogP contribution in [-0.4, -0.2) is 29.0 Å². The molecule has 28 heavy (non-hydrogen) atoms. The van der Waals surface area contributed by atoms with Crippen LogP contribution >= 0.6 is 0 Å². The Hall–Kier alpha value is -3.22. The van der Waals surface area contributed by atoms with Crippen molar-refractivity contribution < 1.29 is 18.0 Å². The summed E-state index contributed by atoms with van der Waals surface area (Å²) >= 11 is 0. The molecule has 2 heterocycles. The van der Waals surface area contributed by atoms with Gasteiger partial charge in [-0.05, 0) is 30.2 Å². The van der Waals surface area contributed by atoms with Gasteiger partial charge in [0.15, 0.2) is 0 Å². The first-order valence-electron chi connectivity index (χ1n) is 8.91. The van der Waals surface area contributed by atoms with Crippen LogP contribution in [0.1, 0.15) is 17.5 Å². The number of urea groups is 1. The summed E-state index contributed by atoms with van der Waals surface area (Å²) in [6.07, 6.45) is 0.0184. The van der Waals surface area contributed by atoms with Crippen LogP contribution in [-0.2, 0) is 6.18 Å². The second kappa shape index (κ2) is 7.07. The number of hydrogen-bond acceptors (Lipinski definition) is 1. The number of nitrogens with one attached hydrogen (secondary N) is 2. The Morgan fingerprint density at radius 1 is 1.07 bits per heavy atom. The average Bonchev–Trinajstić information content (AvgIpc) is 3.12. The Morgan fingerprint density at radius 3 is 2.57 bits per heavy atom. The summed E-state index contributed by atoms with van der Waals surface area (Å²) in [5.41, 5.74) is 2.18. The normalized spacial score (nSPS) is 14.8. The molecule has 0 aliphatic carbocycles. The van der Waals surface area contributed by atoms with Gasteiger partial charge in [0.25, 0.3) is 0 Å². The Morgan fingerprint density at radius 2 is 1.82 bits per heavy atom. The molecular weight excluding hydrogens is 367 g/mol. The predicted octanol–water partition coefficient (Wildman–Crippen LogP) is 5.51. The molecule has 2 amide bonds. The number of nitrogens with zero attached hydrogens (tertiary/aromatic N) is 1. The maximum Gasteiger partial charge on any atom is 0.418 e. The van der Waals surface area contributed by atoms with Crippen LogP contribution in [0.3, 0.4) is 0 Å². The van der Waals surface area contributed by atoms with Gasteiger partial charge in [-0.15, -0.1) is 0 Å². The van der Waals surface area contributed by atoms with E-state index in [1.54, 1.807) is 0 Å². The third kappa shape index (κ3) is 3.47. The van der Waals surface area contributed by atoms with Crippen molar-refractivity contribution in [2.24, 2.45) is 0 Å². The molecule has 4 nitrogen and oxygen atoms in total. The number of carbonyl (C=O) groups excluding carboxylic acids is 1. The molecule has 0 spiro atoms. The van der Waals surface area contributed by atoms with E-state index in [2.05, 4.69) is 10.3 Å². The fraction of sp³-hybridized carbons (Fsp3) is 0.190. The second-order valence-electron chi connectivity index (χ2n) is 6.65. The highest BCUT2D eigenvalue weighted by Crippen LogP contribution is 2.35. The number of halogens is 3. The summed E-state index contributed by atoms with van der Waals surface area (Å²) in [4.78, 5) is 17.2. The fourth-order valence-electron chi connectivity index (χ4n) is 3.47. The lowest BCUT2D eigenvalue weighted by atomic mass is 9.99. The minimum atomic E-state index is -4.52. The van der Waals surface area contributed by atoms with Crippen molar-refractivity contribution in [1.29, 1.82) is 0 Å². The van der Waals surface area contributed by atoms with E-state index in [0.29, 0.717) is 19.5 Å². The molecule has 0 saturated heterocycles. The molecule has 1 aromatic heterocycles. The quantitative estimate of drug-likeness (QED) is 0.601. The molecule has 1 aliphatic rings. The third-order valence-electron chi connectivity index (χ3n) is 4.91. The smallest absolute Gasteiger partial charge is 0.361 e. The van der Waals surface area contributed by atoms with Crippen molar-refractivity contribution in [3.05, 3.63) is 71.9 Å². The van der Waals surface area contributed by atoms with Gasteiger partial charge in [0.2, 0.25) is 0 Å². The first-order chi connectivity index (χ1) is 13.4. The Labute approximate surface area is 159 Å². The number of fused-ring (bicyclic) bond motifs is 1. The third-order valence-corrected chi connectivity index (χ3v) is 4.91. The molecule has 0 bridgehead atoms. The maximum absolute atomic E-state index is 13.1. The molecule has 0 unspecified atom stereocenters. The molecule has 0 fully saturated rings. The molecule has 7 heteroatoms. The summed E-state index contributed by atoms with van der Waals surface area (Å²) in [6.45, 7) is 0.778. The molecule has 2 N–H and O–H groups in total. The van der Waals surface area contributed by atoms with Crippen LogP contribution in [0.25, 0.3) is 16.5 Å². The van der Waals surface area contributed by atoms with Crippen LogP contribution in [0.5, 0.6) is 0 Å². The van der Waals surface area contributed by atoms with E-state index < -0.39 is 17.8 Å². The first-order valence-corrected chi connectivity index (χ1v) is 8.91. The molecule has 0 saturated carbocycles. The van der Waals surface area contributed by atoms with Gasteiger partial charge >= 0.3 is 12.2 Å². The zero-order valence-electron chi connectivity index (χ0n) is 14.9. The molecule has 3 aromatic rings. The van der Waals surface area contributed by atoms with E-state index in [4.69, 9.17) is 0 Å². The number of amides is 2. The van der Waals surface area contributed by atoms with Gasteiger partial charge in [0.1, 0.15) is 0 Å². The number of para-hydroxylation sites is 2. The minimum absolute atomic E-state index is 0.230. The number of alkyl halides is 3. The Balaban J connectivity index is 1.49. The van der Waals surface area contributed by atoms with Crippen LogP contribution in [0.2, 0.25) is 0 Å². The summed E-state index contributed by atoms with van der Waals surface area (Å²) in [5, 5.41) is 3.51. The predicted molar refractivity (Wildman–Crippen MR) is 103 cm³/mol. The van der Waals surface area contributed by atoms with Gasteiger partial charge in [-0.2, -0.15) is 13.2 Å². The van der Waals surface area contributed by atoms with E-state index >= 15 is 0 Å². The van der Waals surface area contributed by atoms with Crippen LogP contribution in [0.4, 0.5) is 23.7 Å². The SMILES string of the molecule is O=C(Nc1ccccc1C(F)(F)F)N1CC=C(c2c[nH]c3ccccc23)CC1. The number of benzene rings is 2. The number of aromatic nitrogens is 1. The lowest BCUT2D eigenvalue weighted by Crippen LogP contribution is -2.38. The van der Waals surface area contributed by atoms with Crippen molar-refractivity contribution in [1.82, 2.24) is 9.88 Å². The van der Waals surface area contributed by atoms with E-state index in [1.165, 1.54) is 23.1 Å². The van der Waals surface area contributed by atoms with E-state index in [0.717, 1.165) is 28.1 Å². The van der Waals surface area contributed by atoms with Crippen molar-refractivity contribution in [3.63, 3.8) is 0 Å². The zero-order valence-corrected chi connectivity index (χ0v) is 14.9. The van der Waals surface area contributed by atoms with Crippen LogP contribution in [0, 0.1) is 0 Å². The lowest BCUT2D eigenvalue weighted by molar-refractivity contribution is -0.136. The van der Waals surface area contributed by atoms with Gasteiger partial charge in [-0.1, -0.05) is 36.4 Å². The summed E-state index contributed by atoms with van der Waals surface area (Å²) in [7, 11) is 0. The number of hydrogen-bond donors (Lipinski definition) is 2. The molecular formula is C21H18F3N3O. The van der Waals surface area contributed by atoms with Crippen LogP contribution in [0.15, 0.2) is 60.8 Å². The molecule has 4 rings (SSSR count). The molecule has 0 atom stereocenters. The molecule has 2 aromatic carbocycles. The monoisotopic (exact) mass is 385 g/mol. The highest BCUT2D eigenvalue weighted by molar-refractivity contribution is 5.94. The Bertz CT molecular complexity index is 1050. The summed E-state index contributed by atoms with van der Waals surface area (Å²) in [6, 6.07) is 12.4. The minimum Gasteiger partial charge on any atom is -0.361 e. The number of aromatic amines is 1. The summed E-state index contributed by atoms with van der Waals surface area (Å²) < 4.78 is 39.3. The topological polar surface area (TPSA) is 48.1 Å². The van der Waals surface area contributed by atoms with Crippen molar-refractivity contribution >= 4 is 28.2 Å². The van der Waals surface area contributed by atoms with Gasteiger partial charge in [-0.25, -0.2) is 4.79 Å². The summed E-state index contributed by atoms with van der Waals surface area (Å²) in [5.74, 6) is 0. The molecule has 1 aliphatic heterocycles. The van der Waals surface area contributed by atoms with Crippen LogP contribution < -0.4 is 5.32 Å². The number of anilines is 1. The van der Waals surface area contributed by atoms with Gasteiger partial charge in [-0.3, -0.25) is 0 Å². The van der Waals surface area contributed by atoms with Gasteiger partial charge in [0, 0.05) is 35.8 Å². The molecule has 0 radical (unpaired) electrons. The highest BCUT2D eigenvalue weighted by Gasteiger charge is 2.34. The lowest BCUT2D eigenvalue weighted by Gasteiger charge is -2.27. The largest absolute Gasteiger partial charge is 0.418 e. The zero-order chi connectivity index (χ0) is 19.7. The average molecular weight is 385 g/mol. The van der Waals surface area contributed by atoms with E-state index in [-0.39, 0.29) is 5.69 Å². The fourth-order valence-corrected chi connectivity index (χ4v) is 3.47. The van der Waals surface area contributed by atoms with Gasteiger partial charge < -0.3 is 15.2 Å². The van der Waals surface area contributed by atoms with Gasteiger partial charge in [0.05, 0.1) is 11.3 Å². The highest BCUT2D eigenvalue weighted by atomic mass is 19.4. The van der Waals surface area contributed by atoms with E-state index in [1.807, 2.05) is 36.5 Å². The van der Waals surface area contributed by atoms with Crippen molar-refractivity contribution in [3.8, 4) is 0 Å².